The Morgan fingerprint density at radius 1 is 1.17 bits per heavy atom. The number of amides is 1. The molecule has 0 saturated carbocycles. The molecule has 1 amide bonds. The fourth-order valence-electron chi connectivity index (χ4n) is 2.06. The molecule has 0 spiro atoms. The van der Waals surface area contributed by atoms with E-state index in [2.05, 4.69) is 10.4 Å². The molecule has 0 saturated heterocycles. The number of para-hydroxylation sites is 1. The summed E-state index contributed by atoms with van der Waals surface area (Å²) in [5.41, 5.74) is 0. The summed E-state index contributed by atoms with van der Waals surface area (Å²) in [6, 6.07) is 14.4. The minimum Gasteiger partial charge on any atom is -0.426 e. The predicted octanol–water partition coefficient (Wildman–Crippen LogP) is 3.09. The quantitative estimate of drug-likeness (QED) is 0.681. The van der Waals surface area contributed by atoms with Gasteiger partial charge in [0.15, 0.2) is 5.76 Å². The molecule has 0 radical (unpaired) electrons. The Balaban J connectivity index is 1.46. The molecule has 1 N–H and O–H groups in total. The van der Waals surface area contributed by atoms with E-state index in [1.165, 1.54) is 0 Å². The third kappa shape index (κ3) is 4.23. The number of nitrogens with zero attached hydrogens (tertiary/aromatic N) is 2. The lowest BCUT2D eigenvalue weighted by atomic mass is 10.3. The van der Waals surface area contributed by atoms with Crippen LogP contribution < -0.4 is 10.1 Å². The van der Waals surface area contributed by atoms with Crippen LogP contribution in [0.2, 0.25) is 0 Å². The number of furan rings is 1. The monoisotopic (exact) mass is 311 g/mol. The molecule has 0 unspecified atom stereocenters. The van der Waals surface area contributed by atoms with Crippen molar-refractivity contribution in [3.63, 3.8) is 0 Å². The molecular weight excluding hydrogens is 294 g/mol. The Morgan fingerprint density at radius 2 is 2.04 bits per heavy atom. The van der Waals surface area contributed by atoms with Gasteiger partial charge < -0.3 is 14.5 Å². The Bertz CT molecular complexity index is 736. The molecule has 0 aliphatic rings. The number of carbonyl (C=O) groups excluding carboxylic acids is 1. The SMILES string of the molecule is O=C(NCCCn1cccn1)c1ccc(Oc2ccccc2)o1. The zero-order valence-corrected chi connectivity index (χ0v) is 12.5. The summed E-state index contributed by atoms with van der Waals surface area (Å²) < 4.78 is 12.8. The van der Waals surface area contributed by atoms with Gasteiger partial charge in [-0.2, -0.15) is 5.10 Å². The number of ether oxygens (including phenoxy) is 1. The number of hydrogen-bond donors (Lipinski definition) is 1. The highest BCUT2D eigenvalue weighted by Crippen LogP contribution is 2.23. The van der Waals surface area contributed by atoms with Crippen LogP contribution in [-0.4, -0.2) is 22.2 Å². The van der Waals surface area contributed by atoms with Crippen molar-refractivity contribution >= 4 is 5.91 Å². The zero-order valence-electron chi connectivity index (χ0n) is 12.5. The summed E-state index contributed by atoms with van der Waals surface area (Å²) in [6.45, 7) is 1.31. The highest BCUT2D eigenvalue weighted by atomic mass is 16.6. The highest BCUT2D eigenvalue weighted by molar-refractivity contribution is 5.91. The van der Waals surface area contributed by atoms with Crippen LogP contribution in [0.1, 0.15) is 17.0 Å². The number of carbonyl (C=O) groups is 1. The van der Waals surface area contributed by atoms with Crippen molar-refractivity contribution in [3.05, 3.63) is 66.7 Å². The van der Waals surface area contributed by atoms with E-state index in [1.54, 1.807) is 18.3 Å². The molecule has 23 heavy (non-hydrogen) atoms. The van der Waals surface area contributed by atoms with E-state index in [4.69, 9.17) is 9.15 Å². The second kappa shape index (κ2) is 7.31. The number of nitrogens with one attached hydrogen (secondary N) is 1. The van der Waals surface area contributed by atoms with Crippen LogP contribution in [0, 0.1) is 0 Å². The van der Waals surface area contributed by atoms with Gasteiger partial charge >= 0.3 is 0 Å². The molecule has 2 aromatic heterocycles. The smallest absolute Gasteiger partial charge is 0.290 e. The molecule has 0 aliphatic heterocycles. The summed E-state index contributed by atoms with van der Waals surface area (Å²) in [5.74, 6) is 0.925. The predicted molar refractivity (Wildman–Crippen MR) is 84.4 cm³/mol. The van der Waals surface area contributed by atoms with Gasteiger partial charge in [-0.25, -0.2) is 0 Å². The van der Waals surface area contributed by atoms with Crippen molar-refractivity contribution in [1.29, 1.82) is 0 Å². The summed E-state index contributed by atoms with van der Waals surface area (Å²) in [4.78, 5) is 12.0. The summed E-state index contributed by atoms with van der Waals surface area (Å²) in [7, 11) is 0. The van der Waals surface area contributed by atoms with Crippen LogP contribution in [-0.2, 0) is 6.54 Å². The number of hydrogen-bond acceptors (Lipinski definition) is 4. The Morgan fingerprint density at radius 3 is 2.83 bits per heavy atom. The average molecular weight is 311 g/mol. The molecule has 3 rings (SSSR count). The molecule has 1 aromatic carbocycles. The third-order valence-electron chi connectivity index (χ3n) is 3.18. The van der Waals surface area contributed by atoms with Gasteiger partial charge in [0.2, 0.25) is 0 Å². The number of aryl methyl sites for hydroxylation is 1. The highest BCUT2D eigenvalue weighted by Gasteiger charge is 2.11. The van der Waals surface area contributed by atoms with Crippen LogP contribution in [0.25, 0.3) is 0 Å². The van der Waals surface area contributed by atoms with Crippen LogP contribution in [0.4, 0.5) is 0 Å². The maximum absolute atomic E-state index is 12.0. The van der Waals surface area contributed by atoms with Gasteiger partial charge in [0.25, 0.3) is 11.9 Å². The summed E-state index contributed by atoms with van der Waals surface area (Å²) >= 11 is 0. The zero-order chi connectivity index (χ0) is 15.9. The molecule has 3 aromatic rings. The first-order valence-electron chi connectivity index (χ1n) is 7.39. The Labute approximate surface area is 133 Å². The molecule has 2 heterocycles. The van der Waals surface area contributed by atoms with Crippen molar-refractivity contribution < 1.29 is 13.9 Å². The topological polar surface area (TPSA) is 69.3 Å². The maximum atomic E-state index is 12.0. The van der Waals surface area contributed by atoms with E-state index in [0.29, 0.717) is 12.3 Å². The van der Waals surface area contributed by atoms with Crippen molar-refractivity contribution in [2.45, 2.75) is 13.0 Å². The van der Waals surface area contributed by atoms with Crippen LogP contribution in [0.5, 0.6) is 11.7 Å². The molecule has 0 fully saturated rings. The lowest BCUT2D eigenvalue weighted by molar-refractivity contribution is 0.0920. The Kier molecular flexibility index (Phi) is 4.73. The fraction of sp³-hybridized carbons (Fsp3) is 0.176. The van der Waals surface area contributed by atoms with Crippen molar-refractivity contribution in [2.75, 3.05) is 6.54 Å². The number of aromatic nitrogens is 2. The second-order valence-electron chi connectivity index (χ2n) is 4.91. The van der Waals surface area contributed by atoms with Gasteiger partial charge in [-0.1, -0.05) is 18.2 Å². The molecule has 0 aliphatic carbocycles. The van der Waals surface area contributed by atoms with E-state index < -0.39 is 0 Å². The van der Waals surface area contributed by atoms with E-state index >= 15 is 0 Å². The van der Waals surface area contributed by atoms with Crippen molar-refractivity contribution in [3.8, 4) is 11.7 Å². The van der Waals surface area contributed by atoms with Gasteiger partial charge in [-0.15, -0.1) is 0 Å². The van der Waals surface area contributed by atoms with Gasteiger partial charge in [0, 0.05) is 31.5 Å². The van der Waals surface area contributed by atoms with E-state index in [9.17, 15) is 4.79 Å². The first-order chi connectivity index (χ1) is 11.3. The lowest BCUT2D eigenvalue weighted by Crippen LogP contribution is -2.24. The van der Waals surface area contributed by atoms with Gasteiger partial charge in [-0.3, -0.25) is 9.48 Å². The first kappa shape index (κ1) is 14.9. The van der Waals surface area contributed by atoms with Gasteiger partial charge in [0.05, 0.1) is 0 Å². The summed E-state index contributed by atoms with van der Waals surface area (Å²) in [6.07, 6.45) is 4.42. The molecule has 0 bridgehead atoms. The number of benzene rings is 1. The average Bonchev–Trinajstić information content (AvgIpc) is 3.24. The lowest BCUT2D eigenvalue weighted by Gasteiger charge is -2.04. The van der Waals surface area contributed by atoms with Gasteiger partial charge in [0.1, 0.15) is 5.75 Å². The van der Waals surface area contributed by atoms with Crippen LogP contribution in [0.15, 0.2) is 65.3 Å². The van der Waals surface area contributed by atoms with E-state index in [0.717, 1.165) is 13.0 Å². The van der Waals surface area contributed by atoms with Crippen LogP contribution >= 0.6 is 0 Å². The normalized spacial score (nSPS) is 10.4. The molecule has 6 nitrogen and oxygen atoms in total. The molecule has 0 atom stereocenters. The van der Waals surface area contributed by atoms with Crippen molar-refractivity contribution in [1.82, 2.24) is 15.1 Å². The standard InChI is InChI=1S/C17H17N3O3/c21-17(18-10-4-12-20-13-5-11-19-20)15-8-9-16(23-15)22-14-6-2-1-3-7-14/h1-3,5-9,11,13H,4,10,12H2,(H,18,21). The minimum atomic E-state index is -0.256. The van der Waals surface area contributed by atoms with E-state index in [-0.39, 0.29) is 17.6 Å². The third-order valence-corrected chi connectivity index (χ3v) is 3.18. The van der Waals surface area contributed by atoms with E-state index in [1.807, 2.05) is 47.3 Å². The van der Waals surface area contributed by atoms with Crippen molar-refractivity contribution in [2.24, 2.45) is 0 Å². The van der Waals surface area contributed by atoms with Gasteiger partial charge in [-0.05, 0) is 30.7 Å². The summed E-state index contributed by atoms with van der Waals surface area (Å²) in [5, 5.41) is 6.91. The molecular formula is C17H17N3O3. The second-order valence-corrected chi connectivity index (χ2v) is 4.91. The molecule has 118 valence electrons. The minimum absolute atomic E-state index is 0.232. The largest absolute Gasteiger partial charge is 0.426 e. The maximum Gasteiger partial charge on any atom is 0.290 e. The number of rotatable bonds is 7. The van der Waals surface area contributed by atoms with Crippen LogP contribution in [0.3, 0.4) is 0 Å². The first-order valence-corrected chi connectivity index (χ1v) is 7.39. The Hall–Kier alpha value is -3.02. The molecule has 6 heteroatoms. The fourth-order valence-corrected chi connectivity index (χ4v) is 2.06.